The van der Waals surface area contributed by atoms with Crippen molar-refractivity contribution in [1.82, 2.24) is 15.1 Å². The van der Waals surface area contributed by atoms with Crippen molar-refractivity contribution in [3.05, 3.63) is 80.2 Å². The molecule has 2 aliphatic rings. The topological polar surface area (TPSA) is 76.9 Å². The van der Waals surface area contributed by atoms with Gasteiger partial charge in [-0.25, -0.2) is 4.39 Å². The highest BCUT2D eigenvalue weighted by Gasteiger charge is 2.33. The molecule has 0 saturated heterocycles. The maximum Gasteiger partial charge on any atom is 0.250 e. The summed E-state index contributed by atoms with van der Waals surface area (Å²) in [7, 11) is 0. The second kappa shape index (κ2) is 9.97. The average molecular weight is 536 g/mol. The van der Waals surface area contributed by atoms with Crippen LogP contribution in [-0.2, 0) is 16.1 Å². The second-order valence-electron chi connectivity index (χ2n) is 8.24. The van der Waals surface area contributed by atoms with Crippen LogP contribution in [0.25, 0.3) is 0 Å². The SMILES string of the molecule is O=CN1C(c2cc(Cl)nnc2Oc2cccc(C3CC3)c2F)=NOCC1Cc1ccc(Cl)cc1Cl. The van der Waals surface area contributed by atoms with Crippen LogP contribution < -0.4 is 4.74 Å². The Hall–Kier alpha value is -2.94. The molecule has 2 heterocycles. The molecule has 1 atom stereocenters. The van der Waals surface area contributed by atoms with Crippen LogP contribution in [0.2, 0.25) is 15.2 Å². The van der Waals surface area contributed by atoms with E-state index in [2.05, 4.69) is 15.4 Å². The van der Waals surface area contributed by atoms with Crippen LogP contribution >= 0.6 is 34.8 Å². The Morgan fingerprint density at radius 1 is 1.14 bits per heavy atom. The van der Waals surface area contributed by atoms with E-state index in [0.29, 0.717) is 28.4 Å². The van der Waals surface area contributed by atoms with Gasteiger partial charge in [-0.2, -0.15) is 0 Å². The van der Waals surface area contributed by atoms with Crippen molar-refractivity contribution < 1.29 is 18.8 Å². The van der Waals surface area contributed by atoms with Crippen molar-refractivity contribution >= 4 is 47.0 Å². The number of aromatic nitrogens is 2. The van der Waals surface area contributed by atoms with Gasteiger partial charge in [0.25, 0.3) is 0 Å². The minimum Gasteiger partial charge on any atom is -0.434 e. The Morgan fingerprint density at radius 2 is 1.97 bits per heavy atom. The summed E-state index contributed by atoms with van der Waals surface area (Å²) in [6, 6.07) is 11.1. The molecule has 1 fully saturated rings. The summed E-state index contributed by atoms with van der Waals surface area (Å²) in [5.41, 5.74) is 1.60. The maximum absolute atomic E-state index is 15.1. The number of amides is 1. The van der Waals surface area contributed by atoms with Gasteiger partial charge in [0, 0.05) is 10.0 Å². The van der Waals surface area contributed by atoms with Gasteiger partial charge in [0.15, 0.2) is 22.6 Å². The largest absolute Gasteiger partial charge is 0.434 e. The third-order valence-corrected chi connectivity index (χ3v) is 6.60. The Balaban J connectivity index is 1.47. The van der Waals surface area contributed by atoms with Gasteiger partial charge >= 0.3 is 0 Å². The number of carbonyl (C=O) groups is 1. The number of ether oxygens (including phenoxy) is 1. The third-order valence-electron chi connectivity index (χ3n) is 5.83. The number of nitrogens with zero attached hydrogens (tertiary/aromatic N) is 4. The van der Waals surface area contributed by atoms with Crippen molar-refractivity contribution in [1.29, 1.82) is 0 Å². The van der Waals surface area contributed by atoms with Gasteiger partial charge < -0.3 is 9.57 Å². The Labute approximate surface area is 215 Å². The molecule has 0 N–H and O–H groups in total. The molecular weight excluding hydrogens is 518 g/mol. The quantitative estimate of drug-likeness (QED) is 0.347. The minimum absolute atomic E-state index is 0.00764. The number of hydrogen-bond donors (Lipinski definition) is 0. The molecule has 3 aromatic rings. The molecule has 7 nitrogen and oxygen atoms in total. The molecule has 35 heavy (non-hydrogen) atoms. The van der Waals surface area contributed by atoms with Crippen molar-refractivity contribution in [3.63, 3.8) is 0 Å². The minimum atomic E-state index is -0.456. The van der Waals surface area contributed by atoms with E-state index >= 15 is 4.39 Å². The number of benzene rings is 2. The summed E-state index contributed by atoms with van der Waals surface area (Å²) < 4.78 is 20.9. The van der Waals surface area contributed by atoms with Crippen LogP contribution in [0.5, 0.6) is 11.6 Å². The molecule has 1 aliphatic heterocycles. The van der Waals surface area contributed by atoms with Gasteiger partial charge in [-0.3, -0.25) is 9.69 Å². The smallest absolute Gasteiger partial charge is 0.250 e. The van der Waals surface area contributed by atoms with Crippen molar-refractivity contribution in [2.24, 2.45) is 5.16 Å². The van der Waals surface area contributed by atoms with Crippen LogP contribution in [0, 0.1) is 5.82 Å². The lowest BCUT2D eigenvalue weighted by atomic mass is 10.0. The third kappa shape index (κ3) is 5.05. The molecule has 1 amide bonds. The number of oxime groups is 1. The van der Waals surface area contributed by atoms with Gasteiger partial charge in [-0.1, -0.05) is 58.2 Å². The van der Waals surface area contributed by atoms with Gasteiger partial charge in [-0.05, 0) is 60.6 Å². The highest BCUT2D eigenvalue weighted by atomic mass is 35.5. The molecule has 1 saturated carbocycles. The number of halogens is 4. The summed E-state index contributed by atoms with van der Waals surface area (Å²) in [5.74, 6) is -0.238. The monoisotopic (exact) mass is 534 g/mol. The molecule has 180 valence electrons. The summed E-state index contributed by atoms with van der Waals surface area (Å²) in [5, 5.41) is 12.9. The van der Waals surface area contributed by atoms with E-state index < -0.39 is 11.9 Å². The van der Waals surface area contributed by atoms with Crippen LogP contribution in [0.15, 0.2) is 47.6 Å². The van der Waals surface area contributed by atoms with E-state index in [-0.39, 0.29) is 40.7 Å². The zero-order chi connectivity index (χ0) is 24.5. The molecule has 0 spiro atoms. The Kier molecular flexibility index (Phi) is 6.77. The number of rotatable bonds is 7. The fraction of sp³-hybridized carbons (Fsp3) is 0.250. The van der Waals surface area contributed by atoms with Gasteiger partial charge in [0.05, 0.1) is 11.6 Å². The van der Waals surface area contributed by atoms with Crippen molar-refractivity contribution in [2.45, 2.75) is 31.2 Å². The highest BCUT2D eigenvalue weighted by Crippen LogP contribution is 2.43. The molecule has 0 bridgehead atoms. The van der Waals surface area contributed by atoms with Crippen LogP contribution in [-0.4, -0.2) is 40.0 Å². The fourth-order valence-electron chi connectivity index (χ4n) is 3.92. The second-order valence-corrected chi connectivity index (χ2v) is 9.47. The van der Waals surface area contributed by atoms with Crippen LogP contribution in [0.3, 0.4) is 0 Å². The summed E-state index contributed by atoms with van der Waals surface area (Å²) >= 11 is 18.4. The van der Waals surface area contributed by atoms with Crippen LogP contribution in [0.4, 0.5) is 4.39 Å². The summed E-state index contributed by atoms with van der Waals surface area (Å²) in [6.45, 7) is 0.127. The van der Waals surface area contributed by atoms with Gasteiger partial charge in [0.2, 0.25) is 12.3 Å². The first kappa shape index (κ1) is 23.8. The molecular formula is C24H18Cl3FN4O3. The number of amidine groups is 1. The zero-order valence-corrected chi connectivity index (χ0v) is 20.4. The summed E-state index contributed by atoms with van der Waals surface area (Å²) in [6.07, 6.45) is 2.87. The average Bonchev–Trinajstić information content (AvgIpc) is 3.68. The van der Waals surface area contributed by atoms with E-state index in [1.165, 1.54) is 17.0 Å². The predicted molar refractivity (Wildman–Crippen MR) is 130 cm³/mol. The first-order chi connectivity index (χ1) is 16.9. The van der Waals surface area contributed by atoms with Crippen molar-refractivity contribution in [3.8, 4) is 11.6 Å². The van der Waals surface area contributed by atoms with E-state index in [9.17, 15) is 4.79 Å². The highest BCUT2D eigenvalue weighted by molar-refractivity contribution is 6.35. The van der Waals surface area contributed by atoms with Gasteiger partial charge in [0.1, 0.15) is 6.61 Å². The van der Waals surface area contributed by atoms with Crippen molar-refractivity contribution in [2.75, 3.05) is 6.61 Å². The van der Waals surface area contributed by atoms with E-state index in [1.807, 2.05) is 0 Å². The lowest BCUT2D eigenvalue weighted by molar-refractivity contribution is -0.118. The standard InChI is InChI=1S/C24H18Cl3FN4O3/c25-15-7-6-14(19(26)9-15)8-16-11-34-31-23(32(16)12-33)18-10-21(27)29-30-24(18)35-20-3-1-2-17(22(20)28)13-4-5-13/h1-3,6-7,9-10,12-13,16H,4-5,8,11H2. The molecule has 1 aromatic heterocycles. The fourth-order valence-corrected chi connectivity index (χ4v) is 4.55. The van der Waals surface area contributed by atoms with E-state index in [4.69, 9.17) is 44.4 Å². The molecule has 11 heteroatoms. The molecule has 1 unspecified atom stereocenters. The molecule has 5 rings (SSSR count). The number of carbonyl (C=O) groups excluding carboxylic acids is 1. The predicted octanol–water partition coefficient (Wildman–Crippen LogP) is 6.01. The first-order valence-corrected chi connectivity index (χ1v) is 12.0. The first-order valence-electron chi connectivity index (χ1n) is 10.8. The normalized spacial score (nSPS) is 17.5. The molecule has 0 radical (unpaired) electrons. The van der Waals surface area contributed by atoms with E-state index in [0.717, 1.165) is 18.4 Å². The van der Waals surface area contributed by atoms with E-state index in [1.54, 1.807) is 30.3 Å². The zero-order valence-electron chi connectivity index (χ0n) is 18.1. The maximum atomic E-state index is 15.1. The lowest BCUT2D eigenvalue weighted by Crippen LogP contribution is -2.46. The molecule has 2 aromatic carbocycles. The summed E-state index contributed by atoms with van der Waals surface area (Å²) in [4.78, 5) is 19.0. The van der Waals surface area contributed by atoms with Gasteiger partial charge in [-0.15, -0.1) is 10.2 Å². The number of hydrogen-bond acceptors (Lipinski definition) is 6. The molecule has 1 aliphatic carbocycles. The Bertz CT molecular complexity index is 1320. The lowest BCUT2D eigenvalue weighted by Gasteiger charge is -2.32. The Morgan fingerprint density at radius 3 is 2.71 bits per heavy atom. The van der Waals surface area contributed by atoms with Crippen LogP contribution in [0.1, 0.15) is 35.4 Å².